The standard InChI is InChI=1S/C14H19ClN2/c1-9-13(15)3-2-4-14(9)17-12-7-10-5-6-11(8-12)16-10/h2-4,10-12,16-17H,5-8H2,1H3. The maximum atomic E-state index is 6.15. The Bertz CT molecular complexity index is 407. The minimum atomic E-state index is 0.603. The second kappa shape index (κ2) is 4.51. The summed E-state index contributed by atoms with van der Waals surface area (Å²) >= 11 is 6.15. The van der Waals surface area contributed by atoms with Crippen molar-refractivity contribution >= 4 is 17.3 Å². The molecule has 0 radical (unpaired) electrons. The highest BCUT2D eigenvalue weighted by atomic mass is 35.5. The summed E-state index contributed by atoms with van der Waals surface area (Å²) in [4.78, 5) is 0. The zero-order valence-corrected chi connectivity index (χ0v) is 10.9. The number of hydrogen-bond acceptors (Lipinski definition) is 2. The number of anilines is 1. The monoisotopic (exact) mass is 250 g/mol. The first-order valence-corrected chi connectivity index (χ1v) is 6.88. The van der Waals surface area contributed by atoms with Crippen LogP contribution in [0.3, 0.4) is 0 Å². The molecule has 3 heteroatoms. The van der Waals surface area contributed by atoms with Crippen LogP contribution in [0, 0.1) is 6.92 Å². The number of halogens is 1. The van der Waals surface area contributed by atoms with Gasteiger partial charge in [-0.15, -0.1) is 0 Å². The van der Waals surface area contributed by atoms with Crippen molar-refractivity contribution in [2.45, 2.75) is 50.7 Å². The summed E-state index contributed by atoms with van der Waals surface area (Å²) in [7, 11) is 0. The third-order valence-corrected chi connectivity index (χ3v) is 4.51. The molecule has 0 aromatic heterocycles. The van der Waals surface area contributed by atoms with Crippen molar-refractivity contribution in [1.82, 2.24) is 5.32 Å². The molecule has 0 saturated carbocycles. The summed E-state index contributed by atoms with van der Waals surface area (Å²) < 4.78 is 0. The van der Waals surface area contributed by atoms with Crippen molar-refractivity contribution in [1.29, 1.82) is 0 Å². The summed E-state index contributed by atoms with van der Waals surface area (Å²) in [5.74, 6) is 0. The minimum Gasteiger partial charge on any atom is -0.382 e. The molecule has 1 aromatic rings. The van der Waals surface area contributed by atoms with Gasteiger partial charge in [0, 0.05) is 28.8 Å². The molecule has 2 aliphatic heterocycles. The summed E-state index contributed by atoms with van der Waals surface area (Å²) in [6.07, 6.45) is 5.17. The van der Waals surface area contributed by atoms with Crippen LogP contribution >= 0.6 is 11.6 Å². The van der Waals surface area contributed by atoms with Crippen molar-refractivity contribution in [3.63, 3.8) is 0 Å². The molecule has 2 N–H and O–H groups in total. The molecule has 1 aromatic carbocycles. The Labute approximate surface area is 108 Å². The predicted molar refractivity (Wildman–Crippen MR) is 72.8 cm³/mol. The average Bonchev–Trinajstić information content (AvgIpc) is 2.65. The van der Waals surface area contributed by atoms with Gasteiger partial charge in [-0.3, -0.25) is 0 Å². The van der Waals surface area contributed by atoms with E-state index in [0.717, 1.165) is 17.1 Å². The van der Waals surface area contributed by atoms with Crippen molar-refractivity contribution in [2.75, 3.05) is 5.32 Å². The normalized spacial score (nSPS) is 31.5. The molecule has 2 unspecified atom stereocenters. The van der Waals surface area contributed by atoms with Crippen LogP contribution in [0.5, 0.6) is 0 Å². The zero-order chi connectivity index (χ0) is 11.8. The molecule has 2 fully saturated rings. The number of fused-ring (bicyclic) bond motifs is 2. The molecule has 2 nitrogen and oxygen atoms in total. The van der Waals surface area contributed by atoms with Crippen molar-refractivity contribution in [3.8, 4) is 0 Å². The fourth-order valence-electron chi connectivity index (χ4n) is 3.16. The van der Waals surface area contributed by atoms with E-state index in [9.17, 15) is 0 Å². The smallest absolute Gasteiger partial charge is 0.0455 e. The second-order valence-electron chi connectivity index (χ2n) is 5.36. The van der Waals surface area contributed by atoms with E-state index >= 15 is 0 Å². The predicted octanol–water partition coefficient (Wildman–Crippen LogP) is 3.34. The van der Waals surface area contributed by atoms with E-state index in [1.807, 2.05) is 12.1 Å². The van der Waals surface area contributed by atoms with Crippen molar-refractivity contribution in [3.05, 3.63) is 28.8 Å². The molecule has 2 heterocycles. The van der Waals surface area contributed by atoms with Gasteiger partial charge in [0.2, 0.25) is 0 Å². The fourth-order valence-corrected chi connectivity index (χ4v) is 3.33. The highest BCUT2D eigenvalue weighted by molar-refractivity contribution is 6.31. The van der Waals surface area contributed by atoms with E-state index in [1.165, 1.54) is 36.9 Å². The Morgan fingerprint density at radius 1 is 1.24 bits per heavy atom. The third kappa shape index (κ3) is 2.29. The Morgan fingerprint density at radius 3 is 2.65 bits per heavy atom. The number of nitrogens with one attached hydrogen (secondary N) is 2. The van der Waals surface area contributed by atoms with Gasteiger partial charge in [0.05, 0.1) is 0 Å². The Morgan fingerprint density at radius 2 is 1.94 bits per heavy atom. The number of hydrogen-bond donors (Lipinski definition) is 2. The van der Waals surface area contributed by atoms with E-state index < -0.39 is 0 Å². The van der Waals surface area contributed by atoms with E-state index in [2.05, 4.69) is 23.6 Å². The Balaban J connectivity index is 1.72. The number of benzene rings is 1. The molecule has 92 valence electrons. The number of piperidine rings is 1. The highest BCUT2D eigenvalue weighted by Crippen LogP contribution is 2.30. The molecule has 2 saturated heterocycles. The van der Waals surface area contributed by atoms with Gasteiger partial charge in [-0.05, 0) is 50.3 Å². The molecule has 2 aliphatic rings. The molecular weight excluding hydrogens is 232 g/mol. The highest BCUT2D eigenvalue weighted by Gasteiger charge is 2.33. The van der Waals surface area contributed by atoms with Gasteiger partial charge in [0.15, 0.2) is 0 Å². The lowest BCUT2D eigenvalue weighted by molar-refractivity contribution is 0.378. The molecule has 17 heavy (non-hydrogen) atoms. The van der Waals surface area contributed by atoms with Crippen LogP contribution in [0.4, 0.5) is 5.69 Å². The van der Waals surface area contributed by atoms with E-state index in [4.69, 9.17) is 11.6 Å². The maximum absolute atomic E-state index is 6.15. The molecule has 0 amide bonds. The Hall–Kier alpha value is -0.730. The molecule has 3 rings (SSSR count). The first-order chi connectivity index (χ1) is 8.22. The lowest BCUT2D eigenvalue weighted by Gasteiger charge is -2.31. The summed E-state index contributed by atoms with van der Waals surface area (Å²) in [5.41, 5.74) is 2.36. The maximum Gasteiger partial charge on any atom is 0.0455 e. The van der Waals surface area contributed by atoms with Crippen LogP contribution in [0.1, 0.15) is 31.2 Å². The molecule has 2 atom stereocenters. The average molecular weight is 251 g/mol. The van der Waals surface area contributed by atoms with Crippen LogP contribution in [-0.4, -0.2) is 18.1 Å². The largest absolute Gasteiger partial charge is 0.382 e. The SMILES string of the molecule is Cc1c(Cl)cccc1NC1CC2CCC(C1)N2. The first kappa shape index (κ1) is 11.4. The van der Waals surface area contributed by atoms with Crippen molar-refractivity contribution in [2.24, 2.45) is 0 Å². The van der Waals surface area contributed by atoms with Crippen LogP contribution in [0.2, 0.25) is 5.02 Å². The van der Waals surface area contributed by atoms with Crippen molar-refractivity contribution < 1.29 is 0 Å². The van der Waals surface area contributed by atoms with Crippen LogP contribution < -0.4 is 10.6 Å². The van der Waals surface area contributed by atoms with Gasteiger partial charge in [0.1, 0.15) is 0 Å². The van der Waals surface area contributed by atoms with Crippen LogP contribution in [0.25, 0.3) is 0 Å². The Kier molecular flexibility index (Phi) is 3.01. The lowest BCUT2D eigenvalue weighted by atomic mass is 9.99. The third-order valence-electron chi connectivity index (χ3n) is 4.10. The first-order valence-electron chi connectivity index (χ1n) is 6.50. The quantitative estimate of drug-likeness (QED) is 0.841. The van der Waals surface area contributed by atoms with Crippen LogP contribution in [-0.2, 0) is 0 Å². The van der Waals surface area contributed by atoms with Gasteiger partial charge in [-0.25, -0.2) is 0 Å². The molecular formula is C14H19ClN2. The zero-order valence-electron chi connectivity index (χ0n) is 10.2. The van der Waals surface area contributed by atoms with Gasteiger partial charge >= 0.3 is 0 Å². The minimum absolute atomic E-state index is 0.603. The lowest BCUT2D eigenvalue weighted by Crippen LogP contribution is -2.43. The van der Waals surface area contributed by atoms with Crippen LogP contribution in [0.15, 0.2) is 18.2 Å². The van der Waals surface area contributed by atoms with Gasteiger partial charge in [-0.1, -0.05) is 17.7 Å². The summed E-state index contributed by atoms with van der Waals surface area (Å²) in [5, 5.41) is 8.19. The molecule has 0 aliphatic carbocycles. The number of rotatable bonds is 2. The van der Waals surface area contributed by atoms with E-state index in [0.29, 0.717) is 6.04 Å². The fraction of sp³-hybridized carbons (Fsp3) is 0.571. The second-order valence-corrected chi connectivity index (χ2v) is 5.77. The van der Waals surface area contributed by atoms with Gasteiger partial charge in [-0.2, -0.15) is 0 Å². The summed E-state index contributed by atoms with van der Waals surface area (Å²) in [6.45, 7) is 2.08. The molecule has 0 spiro atoms. The molecule has 2 bridgehead atoms. The topological polar surface area (TPSA) is 24.1 Å². The van der Waals surface area contributed by atoms with Gasteiger partial charge < -0.3 is 10.6 Å². The van der Waals surface area contributed by atoms with E-state index in [1.54, 1.807) is 0 Å². The van der Waals surface area contributed by atoms with Gasteiger partial charge in [0.25, 0.3) is 0 Å². The summed E-state index contributed by atoms with van der Waals surface area (Å²) in [6, 6.07) is 8.16. The van der Waals surface area contributed by atoms with E-state index in [-0.39, 0.29) is 0 Å².